The van der Waals surface area contributed by atoms with Gasteiger partial charge >= 0.3 is 5.97 Å². The van der Waals surface area contributed by atoms with Gasteiger partial charge in [-0.15, -0.1) is 0 Å². The van der Waals surface area contributed by atoms with E-state index in [9.17, 15) is 19.1 Å². The second-order valence-corrected chi connectivity index (χ2v) is 2.84. The summed E-state index contributed by atoms with van der Waals surface area (Å²) in [6, 6.07) is 1.63. The number of benzene rings is 1. The van der Waals surface area contributed by atoms with Gasteiger partial charge in [0.05, 0.1) is 6.61 Å². The van der Waals surface area contributed by atoms with E-state index >= 15 is 0 Å². The molecule has 1 aromatic carbocycles. The molecule has 5 nitrogen and oxygen atoms in total. The van der Waals surface area contributed by atoms with Crippen molar-refractivity contribution >= 4 is 11.8 Å². The lowest BCUT2D eigenvalue weighted by Gasteiger charge is -2.05. The number of halogens is 1. The Bertz CT molecular complexity index is 441. The molecule has 16 heavy (non-hydrogen) atoms. The van der Waals surface area contributed by atoms with Crippen LogP contribution in [0.3, 0.4) is 0 Å². The molecule has 0 aliphatic heterocycles. The van der Waals surface area contributed by atoms with Crippen LogP contribution in [-0.4, -0.2) is 28.6 Å². The van der Waals surface area contributed by atoms with Gasteiger partial charge in [-0.1, -0.05) is 0 Å². The third kappa shape index (κ3) is 2.10. The Morgan fingerprint density at radius 3 is 2.56 bits per heavy atom. The lowest BCUT2D eigenvalue weighted by molar-refractivity contribution is -0.137. The molecule has 1 aromatic rings. The highest BCUT2D eigenvalue weighted by atomic mass is 19.1. The van der Waals surface area contributed by atoms with Gasteiger partial charge in [-0.25, -0.2) is 9.18 Å². The number of ether oxygens (including phenoxy) is 1. The molecule has 0 aromatic heterocycles. The van der Waals surface area contributed by atoms with Crippen molar-refractivity contribution in [1.29, 1.82) is 0 Å². The number of phenols is 2. The van der Waals surface area contributed by atoms with Crippen molar-refractivity contribution in [3.63, 3.8) is 0 Å². The third-order valence-electron chi connectivity index (χ3n) is 1.79. The fourth-order valence-corrected chi connectivity index (χ4v) is 1.07. The summed E-state index contributed by atoms with van der Waals surface area (Å²) < 4.78 is 17.5. The van der Waals surface area contributed by atoms with E-state index in [1.807, 2.05) is 0 Å². The standard InChI is InChI=1S/C10H9FO5/c1-2-16-10(15)9(14)7-5(11)3-4-6(12)8(7)13/h3-4,12-13H,2H2,1H3. The summed E-state index contributed by atoms with van der Waals surface area (Å²) in [4.78, 5) is 22.4. The molecule has 0 atom stereocenters. The van der Waals surface area contributed by atoms with Crippen LogP contribution in [0.4, 0.5) is 4.39 Å². The van der Waals surface area contributed by atoms with E-state index in [1.165, 1.54) is 6.92 Å². The maximum Gasteiger partial charge on any atom is 0.379 e. The second kappa shape index (κ2) is 4.61. The van der Waals surface area contributed by atoms with Gasteiger partial charge < -0.3 is 14.9 Å². The van der Waals surface area contributed by atoms with Crippen LogP contribution in [0.1, 0.15) is 17.3 Å². The zero-order valence-corrected chi connectivity index (χ0v) is 8.36. The van der Waals surface area contributed by atoms with Gasteiger partial charge in [0.15, 0.2) is 11.5 Å². The summed E-state index contributed by atoms with van der Waals surface area (Å²) in [6.45, 7) is 1.43. The summed E-state index contributed by atoms with van der Waals surface area (Å²) in [5, 5.41) is 18.3. The molecule has 0 radical (unpaired) electrons. The molecule has 0 spiro atoms. The number of carbonyl (C=O) groups is 2. The number of hydrogen-bond donors (Lipinski definition) is 2. The fraction of sp³-hybridized carbons (Fsp3) is 0.200. The van der Waals surface area contributed by atoms with E-state index in [4.69, 9.17) is 5.11 Å². The molecular weight excluding hydrogens is 219 g/mol. The highest BCUT2D eigenvalue weighted by Gasteiger charge is 2.26. The first-order chi connectivity index (χ1) is 7.49. The van der Waals surface area contributed by atoms with Gasteiger partial charge in [0, 0.05) is 0 Å². The Labute approximate surface area is 90.1 Å². The Morgan fingerprint density at radius 1 is 1.38 bits per heavy atom. The Balaban J connectivity index is 3.18. The lowest BCUT2D eigenvalue weighted by atomic mass is 10.1. The molecular formula is C10H9FO5. The van der Waals surface area contributed by atoms with Crippen LogP contribution in [-0.2, 0) is 9.53 Å². The zero-order chi connectivity index (χ0) is 12.3. The lowest BCUT2D eigenvalue weighted by Crippen LogP contribution is -2.19. The van der Waals surface area contributed by atoms with Crippen molar-refractivity contribution in [2.75, 3.05) is 6.61 Å². The molecule has 86 valence electrons. The van der Waals surface area contributed by atoms with Crippen molar-refractivity contribution < 1.29 is 28.9 Å². The largest absolute Gasteiger partial charge is 0.504 e. The maximum atomic E-state index is 13.2. The predicted molar refractivity (Wildman–Crippen MR) is 50.7 cm³/mol. The van der Waals surface area contributed by atoms with E-state index in [0.717, 1.165) is 12.1 Å². The van der Waals surface area contributed by atoms with E-state index in [2.05, 4.69) is 4.74 Å². The van der Waals surface area contributed by atoms with E-state index < -0.39 is 34.6 Å². The zero-order valence-electron chi connectivity index (χ0n) is 8.36. The number of carbonyl (C=O) groups excluding carboxylic acids is 2. The predicted octanol–water partition coefficient (Wildman–Crippen LogP) is 0.983. The Hall–Kier alpha value is -2.11. The van der Waals surface area contributed by atoms with Gasteiger partial charge in [0.1, 0.15) is 11.4 Å². The quantitative estimate of drug-likeness (QED) is 0.348. The van der Waals surface area contributed by atoms with Crippen LogP contribution in [0.15, 0.2) is 12.1 Å². The smallest absolute Gasteiger partial charge is 0.379 e. The molecule has 6 heteroatoms. The molecule has 0 saturated carbocycles. The van der Waals surface area contributed by atoms with Gasteiger partial charge in [0.2, 0.25) is 0 Å². The molecule has 1 rings (SSSR count). The number of aromatic hydroxyl groups is 2. The minimum Gasteiger partial charge on any atom is -0.504 e. The van der Waals surface area contributed by atoms with Gasteiger partial charge in [0.25, 0.3) is 5.78 Å². The topological polar surface area (TPSA) is 83.8 Å². The number of Topliss-reactive ketones (excluding diaryl/α,β-unsaturated/α-hetero) is 1. The average Bonchev–Trinajstić information content (AvgIpc) is 2.24. The Morgan fingerprint density at radius 2 is 2.00 bits per heavy atom. The van der Waals surface area contributed by atoms with Gasteiger partial charge in [-0.3, -0.25) is 4.79 Å². The van der Waals surface area contributed by atoms with E-state index in [0.29, 0.717) is 0 Å². The molecule has 0 unspecified atom stereocenters. The average molecular weight is 228 g/mol. The van der Waals surface area contributed by atoms with Crippen LogP contribution >= 0.6 is 0 Å². The van der Waals surface area contributed by atoms with Crippen molar-refractivity contribution in [3.8, 4) is 11.5 Å². The normalized spacial score (nSPS) is 9.88. The van der Waals surface area contributed by atoms with Crippen molar-refractivity contribution in [2.45, 2.75) is 6.92 Å². The van der Waals surface area contributed by atoms with Crippen molar-refractivity contribution in [2.24, 2.45) is 0 Å². The first-order valence-corrected chi connectivity index (χ1v) is 4.41. The summed E-state index contributed by atoms with van der Waals surface area (Å²) in [6.07, 6.45) is 0. The monoisotopic (exact) mass is 228 g/mol. The maximum absolute atomic E-state index is 13.2. The number of ketones is 1. The van der Waals surface area contributed by atoms with Crippen LogP contribution in [0, 0.1) is 5.82 Å². The van der Waals surface area contributed by atoms with E-state index in [-0.39, 0.29) is 6.61 Å². The Kier molecular flexibility index (Phi) is 3.44. The number of rotatable bonds is 3. The summed E-state index contributed by atoms with van der Waals surface area (Å²) in [7, 11) is 0. The van der Waals surface area contributed by atoms with Crippen LogP contribution in [0.2, 0.25) is 0 Å². The molecule has 0 aliphatic rings. The third-order valence-corrected chi connectivity index (χ3v) is 1.79. The molecule has 0 amide bonds. The number of phenolic OH excluding ortho intramolecular Hbond substituents is 2. The number of esters is 1. The molecule has 0 heterocycles. The number of hydrogen-bond acceptors (Lipinski definition) is 5. The molecule has 0 fully saturated rings. The van der Waals surface area contributed by atoms with Gasteiger partial charge in [-0.05, 0) is 19.1 Å². The van der Waals surface area contributed by atoms with Gasteiger partial charge in [-0.2, -0.15) is 0 Å². The second-order valence-electron chi connectivity index (χ2n) is 2.84. The van der Waals surface area contributed by atoms with E-state index in [1.54, 1.807) is 0 Å². The minimum atomic E-state index is -1.34. The summed E-state index contributed by atoms with van der Waals surface area (Å²) in [5.74, 6) is -5.39. The summed E-state index contributed by atoms with van der Waals surface area (Å²) in [5.41, 5.74) is -0.890. The molecule has 0 aliphatic carbocycles. The van der Waals surface area contributed by atoms with Crippen LogP contribution < -0.4 is 0 Å². The van der Waals surface area contributed by atoms with Crippen molar-refractivity contribution in [3.05, 3.63) is 23.5 Å². The van der Waals surface area contributed by atoms with Crippen LogP contribution in [0.25, 0.3) is 0 Å². The minimum absolute atomic E-state index is 0.0498. The summed E-state index contributed by atoms with van der Waals surface area (Å²) >= 11 is 0. The molecule has 0 bridgehead atoms. The molecule has 2 N–H and O–H groups in total. The highest BCUT2D eigenvalue weighted by Crippen LogP contribution is 2.31. The highest BCUT2D eigenvalue weighted by molar-refractivity contribution is 6.41. The SMILES string of the molecule is CCOC(=O)C(=O)c1c(F)ccc(O)c1O. The molecule has 0 saturated heterocycles. The van der Waals surface area contributed by atoms with Crippen LogP contribution in [0.5, 0.6) is 11.5 Å². The first kappa shape index (κ1) is 12.0. The fourth-order valence-electron chi connectivity index (χ4n) is 1.07. The first-order valence-electron chi connectivity index (χ1n) is 4.41. The van der Waals surface area contributed by atoms with Crippen molar-refractivity contribution in [1.82, 2.24) is 0 Å².